The van der Waals surface area contributed by atoms with Crippen LogP contribution >= 0.6 is 22.7 Å². The summed E-state index contributed by atoms with van der Waals surface area (Å²) in [5, 5.41) is 8.24. The van der Waals surface area contributed by atoms with E-state index in [0.717, 1.165) is 50.7 Å². The number of amides is 2. The summed E-state index contributed by atoms with van der Waals surface area (Å²) in [6.45, 7) is 14.1. The molecule has 3 fully saturated rings. The molecule has 18 heteroatoms. The van der Waals surface area contributed by atoms with Crippen LogP contribution in [0.4, 0.5) is 11.9 Å². The van der Waals surface area contributed by atoms with Crippen LogP contribution in [0.2, 0.25) is 0 Å². The Labute approximate surface area is 422 Å². The highest BCUT2D eigenvalue weighted by Crippen LogP contribution is 2.33. The van der Waals surface area contributed by atoms with Gasteiger partial charge in [0.2, 0.25) is 11.9 Å². The average Bonchev–Trinajstić information content (AvgIpc) is 3.91. The Balaban J connectivity index is 0.000000188. The molecule has 2 atom stereocenters. The summed E-state index contributed by atoms with van der Waals surface area (Å²) < 4.78 is 1.40. The minimum Gasteiger partial charge on any atom is -0.348 e. The number of nitrogens with one attached hydrogen (secondary N) is 2. The molecule has 3 aliphatic rings. The Hall–Kier alpha value is -6.66. The predicted molar refractivity (Wildman–Crippen MR) is 279 cm³/mol. The van der Waals surface area contributed by atoms with Crippen LogP contribution in [0.1, 0.15) is 142 Å². The van der Waals surface area contributed by atoms with E-state index in [2.05, 4.69) is 56.6 Å². The molecule has 1 saturated carbocycles. The number of benzene rings is 1. The number of nitrogens with zero attached hydrogens (tertiary/aromatic N) is 10. The highest BCUT2D eigenvalue weighted by atomic mass is 32.1. The summed E-state index contributed by atoms with van der Waals surface area (Å²) in [6.07, 6.45) is 13.7. The maximum absolute atomic E-state index is 13.4. The Morgan fingerprint density at radius 1 is 0.634 bits per heavy atom. The van der Waals surface area contributed by atoms with Crippen molar-refractivity contribution in [2.24, 2.45) is 17.8 Å². The van der Waals surface area contributed by atoms with Gasteiger partial charge >= 0.3 is 0 Å². The molecule has 2 amide bonds. The fourth-order valence-corrected chi connectivity index (χ4v) is 11.2. The third-order valence-corrected chi connectivity index (χ3v) is 15.2. The van der Waals surface area contributed by atoms with Crippen LogP contribution in [-0.4, -0.2) is 99.2 Å². The van der Waals surface area contributed by atoms with E-state index in [4.69, 9.17) is 0 Å². The second-order valence-corrected chi connectivity index (χ2v) is 21.4. The van der Waals surface area contributed by atoms with Crippen molar-refractivity contribution in [3.8, 4) is 0 Å². The van der Waals surface area contributed by atoms with E-state index in [-0.39, 0.29) is 54.9 Å². The van der Waals surface area contributed by atoms with Gasteiger partial charge in [-0.05, 0) is 89.8 Å². The van der Waals surface area contributed by atoms with Crippen LogP contribution in [0.15, 0.2) is 67.3 Å². The Bertz CT molecular complexity index is 3020. The van der Waals surface area contributed by atoms with Gasteiger partial charge in [0.15, 0.2) is 28.5 Å². The summed E-state index contributed by atoms with van der Waals surface area (Å²) >= 11 is 2.86. The lowest BCUT2D eigenvalue weighted by atomic mass is 9.81. The van der Waals surface area contributed by atoms with Crippen LogP contribution in [0, 0.1) is 45.4 Å². The largest absolute Gasteiger partial charge is 0.348 e. The van der Waals surface area contributed by atoms with Crippen molar-refractivity contribution in [1.82, 2.24) is 49.7 Å². The molecular formula is C53H62N12O4S2. The summed E-state index contributed by atoms with van der Waals surface area (Å²) in [7, 11) is 0. The van der Waals surface area contributed by atoms with Crippen LogP contribution in [0.3, 0.4) is 0 Å². The molecular weight excluding hydrogens is 933 g/mol. The number of ketones is 2. The Morgan fingerprint density at radius 3 is 1.55 bits per heavy atom. The number of likely N-dealkylation sites (tertiary alicyclic amines) is 2. The zero-order chi connectivity index (χ0) is 49.1. The molecule has 16 nitrogen and oxygen atoms in total. The summed E-state index contributed by atoms with van der Waals surface area (Å²) in [6, 6.07) is 13.5. The fraction of sp³-hybridized carbons (Fsp3) is 0.434. The average molecular weight is 995 g/mol. The van der Waals surface area contributed by atoms with Crippen molar-refractivity contribution in [3.63, 3.8) is 0 Å². The number of aryl methyl sites for hydroxylation is 4. The zero-order valence-corrected chi connectivity index (χ0v) is 42.1. The predicted octanol–water partition coefficient (Wildman–Crippen LogP) is 10.1. The summed E-state index contributed by atoms with van der Waals surface area (Å²) in [5.74, 6) is 1.60. The van der Waals surface area contributed by atoms with Crippen LogP contribution in [0.5, 0.6) is 0 Å². The van der Waals surface area contributed by atoms with Crippen molar-refractivity contribution >= 4 is 78.6 Å². The van der Waals surface area contributed by atoms with Gasteiger partial charge in [0, 0.05) is 87.1 Å². The summed E-state index contributed by atoms with van der Waals surface area (Å²) in [4.78, 5) is 91.5. The fourth-order valence-electron chi connectivity index (χ4n) is 9.51. The Morgan fingerprint density at radius 2 is 1.10 bits per heavy atom. The second kappa shape index (κ2) is 22.2. The van der Waals surface area contributed by atoms with Crippen molar-refractivity contribution in [3.05, 3.63) is 116 Å². The number of aromatic nitrogens is 8. The molecule has 0 spiro atoms. The van der Waals surface area contributed by atoms with Gasteiger partial charge in [0.1, 0.15) is 15.2 Å². The molecule has 2 aliphatic heterocycles. The lowest BCUT2D eigenvalue weighted by molar-refractivity contribution is -0.125. The number of fused-ring (bicyclic) bond motifs is 2. The van der Waals surface area contributed by atoms with Crippen molar-refractivity contribution in [2.75, 3.05) is 36.8 Å². The number of hydrogen-bond donors (Lipinski definition) is 2. The van der Waals surface area contributed by atoms with Gasteiger partial charge in [0.05, 0.1) is 22.1 Å². The minimum absolute atomic E-state index is 0. The number of thiazole rings is 2. The molecule has 7 aromatic rings. The molecule has 10 rings (SSSR count). The third kappa shape index (κ3) is 11.9. The molecule has 0 unspecified atom stereocenters. The van der Waals surface area contributed by atoms with Gasteiger partial charge in [0.25, 0.3) is 11.8 Å². The van der Waals surface area contributed by atoms with E-state index in [1.165, 1.54) is 41.9 Å². The van der Waals surface area contributed by atoms with E-state index < -0.39 is 0 Å². The summed E-state index contributed by atoms with van der Waals surface area (Å²) in [5.41, 5.74) is 6.68. The minimum atomic E-state index is -0.154. The van der Waals surface area contributed by atoms with Gasteiger partial charge < -0.3 is 20.4 Å². The number of rotatable bonds is 14. The van der Waals surface area contributed by atoms with E-state index in [1.54, 1.807) is 34.6 Å². The topological polar surface area (TPSA) is 202 Å². The van der Waals surface area contributed by atoms with E-state index in [0.29, 0.717) is 88.8 Å². The first-order valence-corrected chi connectivity index (χ1v) is 25.7. The molecule has 8 heterocycles. The normalized spacial score (nSPS) is 16.0. The van der Waals surface area contributed by atoms with Crippen LogP contribution in [0.25, 0.3) is 20.7 Å². The molecule has 6 aromatic heterocycles. The molecule has 71 heavy (non-hydrogen) atoms. The monoisotopic (exact) mass is 994 g/mol. The zero-order valence-electron chi connectivity index (χ0n) is 40.4. The third-order valence-electron chi connectivity index (χ3n) is 13.2. The van der Waals surface area contributed by atoms with E-state index >= 15 is 0 Å². The highest BCUT2D eigenvalue weighted by Gasteiger charge is 2.37. The lowest BCUT2D eigenvalue weighted by Gasteiger charge is -2.39. The van der Waals surface area contributed by atoms with Crippen molar-refractivity contribution < 1.29 is 19.2 Å². The first-order valence-electron chi connectivity index (χ1n) is 24.1. The van der Waals surface area contributed by atoms with Gasteiger partial charge in [-0.2, -0.15) is 9.97 Å². The molecule has 370 valence electrons. The number of hydrogen-bond acceptors (Lipinski definition) is 16. The van der Waals surface area contributed by atoms with Crippen molar-refractivity contribution in [1.29, 1.82) is 0 Å². The first-order chi connectivity index (χ1) is 33.7. The van der Waals surface area contributed by atoms with Gasteiger partial charge in [-0.3, -0.25) is 29.1 Å². The Kier molecular flexibility index (Phi) is 15.8. The maximum Gasteiger partial charge on any atom is 0.274 e. The second-order valence-electron chi connectivity index (χ2n) is 19.0. The number of carbonyl (C=O) groups is 4. The number of anilines is 2. The lowest BCUT2D eigenvalue weighted by Crippen LogP contribution is -2.51. The molecule has 1 aliphatic carbocycles. The highest BCUT2D eigenvalue weighted by molar-refractivity contribution is 7.19. The van der Waals surface area contributed by atoms with E-state index in [9.17, 15) is 19.2 Å². The smallest absolute Gasteiger partial charge is 0.274 e. The molecule has 0 radical (unpaired) electrons. The molecule has 2 saturated heterocycles. The number of pyridine rings is 2. The molecule has 2 N–H and O–H groups in total. The number of carbonyl (C=O) groups excluding carboxylic acids is 4. The number of Topliss-reactive ketones (excluding diaryl/α,β-unsaturated/α-hetero) is 2. The molecule has 0 bridgehead atoms. The quantitative estimate of drug-likeness (QED) is 0.0975. The van der Waals surface area contributed by atoms with Gasteiger partial charge in [-0.1, -0.05) is 56.0 Å². The van der Waals surface area contributed by atoms with Crippen molar-refractivity contribution in [2.45, 2.75) is 106 Å². The first kappa shape index (κ1) is 50.7. The SMILES string of the molecule is C.Cc1cc(C)cc(C(=O)CC2CN(C(=O)c3nc(N[C@@H](C)c4cccnc4)nc4nc(C)sc34)C2)c1.Cc1nc2nc(N[C@@H](C)c3cccnc3)nc(C(=O)N3CC(CC(=O)C4CCCCC4)C3)c2s1. The standard InChI is InChI=1S/C27H28N6O2S.C25H30N6O2S.CH4/c1-15-8-16(2)10-21(9-15)22(34)11-19-13-33(14-19)26(35)23-24-25(30-18(4)36-24)32-27(31-23)29-17(3)20-6-5-7-28-12-20;1-15(19-9-6-10-26-12-19)27-25-29-21(22-23(30-25)28-16(2)34-22)24(33)31-13-17(14-31)11-20(32)18-7-4-3-5-8-18;/h5-10,12,17,19H,11,13-14H2,1-4H3,(H,29,31,32);6,9-10,12,15,17-18H,3-5,7-8,11,13-14H2,1-2H3,(H,27,29,30);1H4/t17-;15-;/m00./s1. The van der Waals surface area contributed by atoms with Crippen LogP contribution < -0.4 is 10.6 Å². The van der Waals surface area contributed by atoms with Crippen LogP contribution in [-0.2, 0) is 4.79 Å². The van der Waals surface area contributed by atoms with Gasteiger partial charge in [-0.25, -0.2) is 19.9 Å². The maximum atomic E-state index is 13.4. The molecule has 1 aromatic carbocycles. The van der Waals surface area contributed by atoms with E-state index in [1.807, 2.05) is 77.9 Å². The van der Waals surface area contributed by atoms with Gasteiger partial charge in [-0.15, -0.1) is 22.7 Å².